The minimum absolute atomic E-state index is 0.202. The van der Waals surface area contributed by atoms with Gasteiger partial charge in [-0.15, -0.1) is 0 Å². The van der Waals surface area contributed by atoms with Gasteiger partial charge in [-0.1, -0.05) is 31.4 Å². The summed E-state index contributed by atoms with van der Waals surface area (Å²) in [6.45, 7) is 0.580. The topological polar surface area (TPSA) is 66.0 Å². The predicted octanol–water partition coefficient (Wildman–Crippen LogP) is 4.29. The Bertz CT molecular complexity index is 682. The van der Waals surface area contributed by atoms with Gasteiger partial charge < -0.3 is 10.6 Å². The lowest BCUT2D eigenvalue weighted by Gasteiger charge is -2.22. The summed E-state index contributed by atoms with van der Waals surface area (Å²) in [6.07, 6.45) is 7.38. The number of carbonyl (C=O) groups is 1. The van der Waals surface area contributed by atoms with E-state index in [9.17, 15) is 9.18 Å². The van der Waals surface area contributed by atoms with Crippen molar-refractivity contribution >= 4 is 17.5 Å². The van der Waals surface area contributed by atoms with Crippen LogP contribution in [0.15, 0.2) is 42.6 Å². The molecule has 5 nitrogen and oxygen atoms in total. The predicted molar refractivity (Wildman–Crippen MR) is 97.0 cm³/mol. The Morgan fingerprint density at radius 1 is 1.08 bits per heavy atom. The third-order valence-electron chi connectivity index (χ3n) is 4.36. The second-order valence-corrected chi connectivity index (χ2v) is 6.35. The number of urea groups is 1. The minimum Gasteiger partial charge on any atom is -0.380 e. The summed E-state index contributed by atoms with van der Waals surface area (Å²) in [6, 6.07) is 10.0. The molecule has 1 fully saturated rings. The van der Waals surface area contributed by atoms with Crippen molar-refractivity contribution in [2.75, 3.05) is 10.6 Å². The molecule has 3 rings (SSSR count). The molecule has 1 aromatic carbocycles. The van der Waals surface area contributed by atoms with Crippen molar-refractivity contribution in [1.82, 2.24) is 10.3 Å². The number of carbonyl (C=O) groups excluding carboxylic acids is 1. The van der Waals surface area contributed by atoms with Crippen molar-refractivity contribution in [3.63, 3.8) is 0 Å². The first kappa shape index (κ1) is 17.2. The fraction of sp³-hybridized carbons (Fsp3) is 0.368. The molecule has 1 saturated carbocycles. The number of hydrogen-bond donors (Lipinski definition) is 3. The normalized spacial score (nSPS) is 14.8. The molecule has 0 aliphatic heterocycles. The molecule has 2 amide bonds. The number of pyridine rings is 1. The molecule has 2 aromatic rings. The number of anilines is 2. The van der Waals surface area contributed by atoms with Crippen LogP contribution in [0.1, 0.15) is 37.7 Å². The first-order valence-electron chi connectivity index (χ1n) is 8.71. The molecule has 1 aliphatic rings. The zero-order valence-electron chi connectivity index (χ0n) is 14.1. The van der Waals surface area contributed by atoms with Crippen molar-refractivity contribution in [1.29, 1.82) is 0 Å². The lowest BCUT2D eigenvalue weighted by molar-refractivity contribution is 0.244. The molecule has 1 aromatic heterocycles. The quantitative estimate of drug-likeness (QED) is 0.759. The van der Waals surface area contributed by atoms with Gasteiger partial charge in [0.15, 0.2) is 0 Å². The van der Waals surface area contributed by atoms with Crippen LogP contribution in [0, 0.1) is 5.82 Å². The van der Waals surface area contributed by atoms with E-state index in [-0.39, 0.29) is 17.9 Å². The maximum atomic E-state index is 12.9. The molecule has 25 heavy (non-hydrogen) atoms. The Labute approximate surface area is 147 Å². The summed E-state index contributed by atoms with van der Waals surface area (Å²) in [5, 5.41) is 8.98. The van der Waals surface area contributed by atoms with Gasteiger partial charge in [0.2, 0.25) is 0 Å². The molecular weight excluding hydrogens is 319 g/mol. The van der Waals surface area contributed by atoms with E-state index in [0.29, 0.717) is 12.4 Å². The van der Waals surface area contributed by atoms with Crippen LogP contribution in [0.3, 0.4) is 0 Å². The highest BCUT2D eigenvalue weighted by molar-refractivity contribution is 5.88. The summed E-state index contributed by atoms with van der Waals surface area (Å²) in [5.74, 6) is 0.271. The number of benzene rings is 1. The highest BCUT2D eigenvalue weighted by Gasteiger charge is 2.15. The molecular formula is C19H23FN4O. The van der Waals surface area contributed by atoms with E-state index in [2.05, 4.69) is 20.9 Å². The van der Waals surface area contributed by atoms with Gasteiger partial charge in [-0.25, -0.2) is 14.2 Å². The smallest absolute Gasteiger partial charge is 0.320 e. The SMILES string of the molecule is O=C(Nc1ccc(NCc2ccc(F)cc2)cn1)NC1CCCCC1. The van der Waals surface area contributed by atoms with Gasteiger partial charge in [-0.3, -0.25) is 5.32 Å². The highest BCUT2D eigenvalue weighted by Crippen LogP contribution is 2.17. The Morgan fingerprint density at radius 2 is 1.84 bits per heavy atom. The molecule has 1 heterocycles. The third kappa shape index (κ3) is 5.45. The van der Waals surface area contributed by atoms with Crippen LogP contribution in [0.5, 0.6) is 0 Å². The summed E-state index contributed by atoms with van der Waals surface area (Å²) >= 11 is 0. The van der Waals surface area contributed by atoms with E-state index in [1.165, 1.54) is 31.4 Å². The van der Waals surface area contributed by atoms with Crippen LogP contribution in [0.25, 0.3) is 0 Å². The van der Waals surface area contributed by atoms with Crippen molar-refractivity contribution in [3.05, 3.63) is 54.0 Å². The number of rotatable bonds is 5. The fourth-order valence-electron chi connectivity index (χ4n) is 2.96. The van der Waals surface area contributed by atoms with E-state index in [1.807, 2.05) is 6.07 Å². The van der Waals surface area contributed by atoms with Crippen LogP contribution in [-0.4, -0.2) is 17.1 Å². The Morgan fingerprint density at radius 3 is 2.52 bits per heavy atom. The summed E-state index contributed by atoms with van der Waals surface area (Å²) < 4.78 is 12.9. The number of hydrogen-bond acceptors (Lipinski definition) is 3. The number of aromatic nitrogens is 1. The second kappa shape index (κ2) is 8.46. The fourth-order valence-corrected chi connectivity index (χ4v) is 2.96. The van der Waals surface area contributed by atoms with Crippen molar-refractivity contribution in [2.45, 2.75) is 44.7 Å². The van der Waals surface area contributed by atoms with Gasteiger partial charge in [-0.05, 0) is 42.7 Å². The molecule has 0 radical (unpaired) electrons. The molecule has 1 aliphatic carbocycles. The zero-order valence-corrected chi connectivity index (χ0v) is 14.1. The molecule has 3 N–H and O–H groups in total. The summed E-state index contributed by atoms with van der Waals surface area (Å²) in [4.78, 5) is 16.2. The first-order valence-corrected chi connectivity index (χ1v) is 8.71. The van der Waals surface area contributed by atoms with Crippen molar-refractivity contribution in [2.24, 2.45) is 0 Å². The zero-order chi connectivity index (χ0) is 17.5. The maximum absolute atomic E-state index is 12.9. The lowest BCUT2D eigenvalue weighted by Crippen LogP contribution is -2.39. The van der Waals surface area contributed by atoms with Crippen LogP contribution in [0.2, 0.25) is 0 Å². The molecule has 0 saturated heterocycles. The Hall–Kier alpha value is -2.63. The number of nitrogens with one attached hydrogen (secondary N) is 3. The van der Waals surface area contributed by atoms with E-state index in [1.54, 1.807) is 24.4 Å². The molecule has 132 valence electrons. The molecule has 6 heteroatoms. The number of halogens is 1. The van der Waals surface area contributed by atoms with E-state index >= 15 is 0 Å². The van der Waals surface area contributed by atoms with Gasteiger partial charge in [0.1, 0.15) is 11.6 Å². The van der Waals surface area contributed by atoms with E-state index in [0.717, 1.165) is 24.1 Å². The van der Waals surface area contributed by atoms with Gasteiger partial charge >= 0.3 is 6.03 Å². The van der Waals surface area contributed by atoms with E-state index < -0.39 is 0 Å². The molecule has 0 bridgehead atoms. The van der Waals surface area contributed by atoms with Crippen molar-refractivity contribution in [3.8, 4) is 0 Å². The highest BCUT2D eigenvalue weighted by atomic mass is 19.1. The van der Waals surface area contributed by atoms with Crippen molar-refractivity contribution < 1.29 is 9.18 Å². The third-order valence-corrected chi connectivity index (χ3v) is 4.36. The van der Waals surface area contributed by atoms with Gasteiger partial charge in [0, 0.05) is 12.6 Å². The molecule has 0 unspecified atom stereocenters. The van der Waals surface area contributed by atoms with Crippen LogP contribution in [-0.2, 0) is 6.54 Å². The second-order valence-electron chi connectivity index (χ2n) is 6.35. The lowest BCUT2D eigenvalue weighted by atomic mass is 9.96. The van der Waals surface area contributed by atoms with Gasteiger partial charge in [0.05, 0.1) is 11.9 Å². The Balaban J connectivity index is 1.46. The van der Waals surface area contributed by atoms with E-state index in [4.69, 9.17) is 0 Å². The largest absolute Gasteiger partial charge is 0.380 e. The minimum atomic E-state index is -0.243. The summed E-state index contributed by atoms with van der Waals surface area (Å²) in [5.41, 5.74) is 1.82. The van der Waals surface area contributed by atoms with Gasteiger partial charge in [0.25, 0.3) is 0 Å². The average Bonchev–Trinajstić information content (AvgIpc) is 2.63. The van der Waals surface area contributed by atoms with Crippen LogP contribution < -0.4 is 16.0 Å². The Kier molecular flexibility index (Phi) is 5.82. The van der Waals surface area contributed by atoms with Crippen LogP contribution in [0.4, 0.5) is 20.7 Å². The van der Waals surface area contributed by atoms with Crippen LogP contribution >= 0.6 is 0 Å². The standard InChI is InChI=1S/C19H23FN4O/c20-15-8-6-14(7-9-15)12-21-17-10-11-18(22-13-17)24-19(25)23-16-4-2-1-3-5-16/h6-11,13,16,21H,1-5,12H2,(H2,22,23,24,25). The number of nitrogens with zero attached hydrogens (tertiary/aromatic N) is 1. The number of amides is 2. The molecule has 0 spiro atoms. The van der Waals surface area contributed by atoms with Gasteiger partial charge in [-0.2, -0.15) is 0 Å². The maximum Gasteiger partial charge on any atom is 0.320 e. The first-order chi connectivity index (χ1) is 12.2. The molecule has 0 atom stereocenters. The summed E-state index contributed by atoms with van der Waals surface area (Å²) in [7, 11) is 0. The average molecular weight is 342 g/mol. The monoisotopic (exact) mass is 342 g/mol.